The molecule has 1 aliphatic heterocycles. The van der Waals surface area contributed by atoms with E-state index < -0.39 is 11.6 Å². The first-order valence-electron chi connectivity index (χ1n) is 7.22. The van der Waals surface area contributed by atoms with Crippen LogP contribution in [0.5, 0.6) is 5.75 Å². The molecule has 1 amide bonds. The third-order valence-corrected chi connectivity index (χ3v) is 3.20. The van der Waals surface area contributed by atoms with Gasteiger partial charge in [0.05, 0.1) is 12.1 Å². The van der Waals surface area contributed by atoms with Crippen LogP contribution in [0.4, 0.5) is 4.79 Å². The smallest absolute Gasteiger partial charge is 0.410 e. The number of hydrogen-bond acceptors (Lipinski definition) is 4. The topological polar surface area (TPSA) is 76.1 Å². The van der Waals surface area contributed by atoms with Crippen molar-refractivity contribution >= 4 is 12.1 Å². The monoisotopic (exact) mass is 307 g/mol. The van der Waals surface area contributed by atoms with Gasteiger partial charge in [0.1, 0.15) is 17.5 Å². The number of carbonyl (C=O) groups excluding carboxylic acids is 1. The largest absolute Gasteiger partial charge is 0.489 e. The molecule has 22 heavy (non-hydrogen) atoms. The van der Waals surface area contributed by atoms with E-state index >= 15 is 0 Å². The number of carboxylic acids is 1. The van der Waals surface area contributed by atoms with Crippen LogP contribution in [0.1, 0.15) is 37.6 Å². The van der Waals surface area contributed by atoms with Gasteiger partial charge in [0.15, 0.2) is 0 Å². The van der Waals surface area contributed by atoms with Crippen molar-refractivity contribution in [1.82, 2.24) is 4.90 Å². The third kappa shape index (κ3) is 4.38. The molecule has 0 saturated carbocycles. The minimum absolute atomic E-state index is 0.108. The molecule has 1 heterocycles. The molecule has 0 spiro atoms. The van der Waals surface area contributed by atoms with E-state index in [1.807, 2.05) is 20.8 Å². The molecule has 6 heteroatoms. The third-order valence-electron chi connectivity index (χ3n) is 3.20. The van der Waals surface area contributed by atoms with E-state index in [-0.39, 0.29) is 17.8 Å². The number of nitrogens with zero attached hydrogens (tertiary/aromatic N) is 1. The summed E-state index contributed by atoms with van der Waals surface area (Å²) in [6.45, 7) is 6.55. The zero-order valence-electron chi connectivity index (χ0n) is 13.0. The van der Waals surface area contributed by atoms with Gasteiger partial charge in [-0.25, -0.2) is 9.59 Å². The Balaban J connectivity index is 1.88. The molecule has 0 aromatic heterocycles. The maximum Gasteiger partial charge on any atom is 0.410 e. The van der Waals surface area contributed by atoms with E-state index in [0.29, 0.717) is 18.8 Å². The van der Waals surface area contributed by atoms with E-state index in [1.54, 1.807) is 17.0 Å². The lowest BCUT2D eigenvalue weighted by Crippen LogP contribution is -2.36. The summed E-state index contributed by atoms with van der Waals surface area (Å²) >= 11 is 0. The van der Waals surface area contributed by atoms with Gasteiger partial charge in [-0.05, 0) is 45.0 Å². The summed E-state index contributed by atoms with van der Waals surface area (Å²) in [7, 11) is 0. The number of hydrogen-bond donors (Lipinski definition) is 1. The van der Waals surface area contributed by atoms with Gasteiger partial charge in [-0.1, -0.05) is 0 Å². The second-order valence-corrected chi connectivity index (χ2v) is 6.28. The van der Waals surface area contributed by atoms with Crippen molar-refractivity contribution in [3.8, 4) is 5.75 Å². The van der Waals surface area contributed by atoms with Gasteiger partial charge in [-0.15, -0.1) is 0 Å². The molecule has 1 aromatic rings. The van der Waals surface area contributed by atoms with E-state index in [0.717, 1.165) is 6.42 Å². The van der Waals surface area contributed by atoms with Crippen molar-refractivity contribution in [2.45, 2.75) is 38.9 Å². The fraction of sp³-hybridized carbons (Fsp3) is 0.500. The van der Waals surface area contributed by atoms with Crippen LogP contribution in [0.15, 0.2) is 24.3 Å². The molecule has 6 nitrogen and oxygen atoms in total. The Hall–Kier alpha value is -2.24. The van der Waals surface area contributed by atoms with Crippen LogP contribution >= 0.6 is 0 Å². The normalized spacial score (nSPS) is 18.1. The summed E-state index contributed by atoms with van der Waals surface area (Å²) in [6, 6.07) is 6.25. The van der Waals surface area contributed by atoms with Gasteiger partial charge in [-0.3, -0.25) is 0 Å². The standard InChI is InChI=1S/C16H21NO5/c1-16(2,3)22-15(20)17-9-8-13(10-17)21-12-6-4-11(5-7-12)14(18)19/h4-7,13H,8-10H2,1-3H3,(H,18,19). The zero-order valence-corrected chi connectivity index (χ0v) is 13.0. The van der Waals surface area contributed by atoms with Gasteiger partial charge in [-0.2, -0.15) is 0 Å². The minimum Gasteiger partial charge on any atom is -0.489 e. The number of benzene rings is 1. The van der Waals surface area contributed by atoms with Crippen molar-refractivity contribution < 1.29 is 24.2 Å². The molecule has 120 valence electrons. The highest BCUT2D eigenvalue weighted by atomic mass is 16.6. The summed E-state index contributed by atoms with van der Waals surface area (Å²) in [5.41, 5.74) is -0.294. The van der Waals surface area contributed by atoms with Crippen molar-refractivity contribution in [2.24, 2.45) is 0 Å². The fourth-order valence-corrected chi connectivity index (χ4v) is 2.19. The number of aromatic carboxylic acids is 1. The number of carbonyl (C=O) groups is 2. The molecule has 0 bridgehead atoms. The fourth-order valence-electron chi connectivity index (χ4n) is 2.19. The molecule has 0 aliphatic carbocycles. The summed E-state index contributed by atoms with van der Waals surface area (Å²) in [5.74, 6) is -0.371. The van der Waals surface area contributed by atoms with Gasteiger partial charge in [0, 0.05) is 13.0 Å². The second kappa shape index (κ2) is 6.25. The minimum atomic E-state index is -0.969. The quantitative estimate of drug-likeness (QED) is 0.929. The lowest BCUT2D eigenvalue weighted by Gasteiger charge is -2.24. The Morgan fingerprint density at radius 3 is 2.41 bits per heavy atom. The molecule has 0 radical (unpaired) electrons. The molecule has 1 N–H and O–H groups in total. The van der Waals surface area contributed by atoms with Crippen molar-refractivity contribution in [3.63, 3.8) is 0 Å². The average Bonchev–Trinajstić information content (AvgIpc) is 2.86. The van der Waals surface area contributed by atoms with Crippen molar-refractivity contribution in [1.29, 1.82) is 0 Å². The Bertz CT molecular complexity index is 547. The molecule has 1 fully saturated rings. The van der Waals surface area contributed by atoms with Crippen LogP contribution in [0, 0.1) is 0 Å². The van der Waals surface area contributed by atoms with E-state index in [9.17, 15) is 9.59 Å². The lowest BCUT2D eigenvalue weighted by atomic mass is 10.2. The molecule has 1 aromatic carbocycles. The Kier molecular flexibility index (Phi) is 4.59. The predicted octanol–water partition coefficient (Wildman–Crippen LogP) is 2.77. The highest BCUT2D eigenvalue weighted by Gasteiger charge is 2.30. The molecular weight excluding hydrogens is 286 g/mol. The maximum absolute atomic E-state index is 12.0. The number of amides is 1. The molecule has 1 atom stereocenters. The molecule has 1 saturated heterocycles. The SMILES string of the molecule is CC(C)(C)OC(=O)N1CCC(Oc2ccc(C(=O)O)cc2)C1. The van der Waals surface area contributed by atoms with E-state index in [2.05, 4.69) is 0 Å². The lowest BCUT2D eigenvalue weighted by molar-refractivity contribution is 0.0275. The number of ether oxygens (including phenoxy) is 2. The van der Waals surface area contributed by atoms with E-state index in [1.165, 1.54) is 12.1 Å². The molecule has 1 aliphatic rings. The van der Waals surface area contributed by atoms with Crippen LogP contribution in [-0.2, 0) is 4.74 Å². The second-order valence-electron chi connectivity index (χ2n) is 6.28. The first kappa shape index (κ1) is 16.1. The maximum atomic E-state index is 12.0. The molecule has 2 rings (SSSR count). The summed E-state index contributed by atoms with van der Waals surface area (Å²) < 4.78 is 11.1. The van der Waals surface area contributed by atoms with Crippen molar-refractivity contribution in [2.75, 3.05) is 13.1 Å². The number of carboxylic acid groups (broad SMARTS) is 1. The zero-order chi connectivity index (χ0) is 16.3. The van der Waals surface area contributed by atoms with Crippen molar-refractivity contribution in [3.05, 3.63) is 29.8 Å². The molecular formula is C16H21NO5. The summed E-state index contributed by atoms with van der Waals surface area (Å²) in [4.78, 5) is 24.4. The summed E-state index contributed by atoms with van der Waals surface area (Å²) in [5, 5.41) is 8.85. The Morgan fingerprint density at radius 2 is 1.86 bits per heavy atom. The van der Waals surface area contributed by atoms with Gasteiger partial charge < -0.3 is 19.5 Å². The summed E-state index contributed by atoms with van der Waals surface area (Å²) in [6.07, 6.45) is 0.281. The van der Waals surface area contributed by atoms with Gasteiger partial charge in [0.25, 0.3) is 0 Å². The van der Waals surface area contributed by atoms with Crippen LogP contribution in [-0.4, -0.2) is 46.9 Å². The van der Waals surface area contributed by atoms with Crippen LogP contribution in [0.25, 0.3) is 0 Å². The van der Waals surface area contributed by atoms with Crippen LogP contribution < -0.4 is 4.74 Å². The van der Waals surface area contributed by atoms with Crippen LogP contribution in [0.3, 0.4) is 0 Å². The average molecular weight is 307 g/mol. The van der Waals surface area contributed by atoms with Crippen LogP contribution in [0.2, 0.25) is 0 Å². The predicted molar refractivity (Wildman–Crippen MR) is 80.2 cm³/mol. The first-order chi connectivity index (χ1) is 10.2. The Labute approximate surface area is 129 Å². The first-order valence-corrected chi connectivity index (χ1v) is 7.22. The van der Waals surface area contributed by atoms with Gasteiger partial charge in [0.2, 0.25) is 0 Å². The van der Waals surface area contributed by atoms with E-state index in [4.69, 9.17) is 14.6 Å². The number of likely N-dealkylation sites (tertiary alicyclic amines) is 1. The molecule has 1 unspecified atom stereocenters. The number of rotatable bonds is 3. The Morgan fingerprint density at radius 1 is 1.23 bits per heavy atom. The van der Waals surface area contributed by atoms with Gasteiger partial charge >= 0.3 is 12.1 Å². The highest BCUT2D eigenvalue weighted by Crippen LogP contribution is 2.21. The highest BCUT2D eigenvalue weighted by molar-refractivity contribution is 5.87.